The molecule has 2 aliphatic rings. The first-order valence-corrected chi connectivity index (χ1v) is 8.50. The van der Waals surface area contributed by atoms with E-state index in [1.54, 1.807) is 0 Å². The summed E-state index contributed by atoms with van der Waals surface area (Å²) < 4.78 is 0. The number of aryl methyl sites for hydroxylation is 2. The second kappa shape index (κ2) is 4.32. The van der Waals surface area contributed by atoms with E-state index in [0.717, 1.165) is 23.7 Å². The van der Waals surface area contributed by atoms with Crippen LogP contribution in [0.25, 0.3) is 10.9 Å². The third-order valence-corrected chi connectivity index (χ3v) is 6.75. The molecule has 0 bridgehead atoms. The molecule has 2 unspecified atom stereocenters. The fraction of sp³-hybridized carbons (Fsp3) is 0.550. The van der Waals surface area contributed by atoms with Crippen molar-refractivity contribution in [3.8, 4) is 0 Å². The van der Waals surface area contributed by atoms with E-state index in [9.17, 15) is 0 Å². The minimum Gasteiger partial charge on any atom is -0.302 e. The highest BCUT2D eigenvalue weighted by atomic mass is 15.3. The van der Waals surface area contributed by atoms with Crippen molar-refractivity contribution in [2.75, 3.05) is 13.6 Å². The lowest BCUT2D eigenvalue weighted by atomic mass is 9.41. The van der Waals surface area contributed by atoms with Crippen LogP contribution < -0.4 is 0 Å². The molecular formula is C20H26N2. The summed E-state index contributed by atoms with van der Waals surface area (Å²) in [6, 6.07) is 10.0. The van der Waals surface area contributed by atoms with Crippen LogP contribution in [0, 0.1) is 12.3 Å². The lowest BCUT2D eigenvalue weighted by molar-refractivity contribution is -0.189. The van der Waals surface area contributed by atoms with E-state index in [0.29, 0.717) is 10.8 Å². The van der Waals surface area contributed by atoms with Gasteiger partial charge in [0.05, 0.1) is 5.52 Å². The summed E-state index contributed by atoms with van der Waals surface area (Å²) in [4.78, 5) is 7.23. The van der Waals surface area contributed by atoms with Crippen LogP contribution in [0.15, 0.2) is 24.3 Å². The molecule has 2 heterocycles. The summed E-state index contributed by atoms with van der Waals surface area (Å²) in [5.74, 6) is 0. The van der Waals surface area contributed by atoms with Gasteiger partial charge in [-0.1, -0.05) is 26.8 Å². The van der Waals surface area contributed by atoms with Gasteiger partial charge in [0.1, 0.15) is 0 Å². The highest BCUT2D eigenvalue weighted by Gasteiger charge is 2.67. The average molecular weight is 294 g/mol. The van der Waals surface area contributed by atoms with Crippen LogP contribution in [0.4, 0.5) is 0 Å². The molecule has 0 spiro atoms. The molecule has 0 amide bonds. The molecule has 1 aromatic heterocycles. The molecule has 2 aromatic rings. The Morgan fingerprint density at radius 2 is 2.05 bits per heavy atom. The monoisotopic (exact) mass is 294 g/mol. The van der Waals surface area contributed by atoms with Crippen molar-refractivity contribution in [1.82, 2.24) is 9.88 Å². The molecule has 1 saturated heterocycles. The zero-order chi connectivity index (χ0) is 15.7. The normalized spacial score (nSPS) is 34.1. The van der Waals surface area contributed by atoms with E-state index in [1.165, 1.54) is 29.5 Å². The molecule has 0 radical (unpaired) electrons. The number of rotatable bonds is 2. The number of hydrogen-bond donors (Lipinski definition) is 0. The maximum Gasteiger partial charge on any atom is 0.0708 e. The summed E-state index contributed by atoms with van der Waals surface area (Å²) in [7, 11) is 2.26. The van der Waals surface area contributed by atoms with Crippen LogP contribution in [0.5, 0.6) is 0 Å². The van der Waals surface area contributed by atoms with Gasteiger partial charge in [-0.3, -0.25) is 4.98 Å². The fourth-order valence-electron chi connectivity index (χ4n) is 5.05. The Morgan fingerprint density at radius 3 is 2.64 bits per heavy atom. The van der Waals surface area contributed by atoms with Crippen LogP contribution in [0.2, 0.25) is 0 Å². The topological polar surface area (TPSA) is 16.1 Å². The van der Waals surface area contributed by atoms with E-state index in [1.807, 2.05) is 0 Å². The molecule has 1 saturated carbocycles. The molecule has 3 atom stereocenters. The number of pyridine rings is 1. The molecular weight excluding hydrogens is 268 g/mol. The largest absolute Gasteiger partial charge is 0.302 e. The van der Waals surface area contributed by atoms with E-state index >= 15 is 0 Å². The summed E-state index contributed by atoms with van der Waals surface area (Å²) in [5, 5.41) is 1.35. The van der Waals surface area contributed by atoms with Gasteiger partial charge in [0, 0.05) is 34.5 Å². The van der Waals surface area contributed by atoms with Crippen LogP contribution in [0.1, 0.15) is 44.0 Å². The highest BCUT2D eigenvalue weighted by molar-refractivity contribution is 5.83. The Morgan fingerprint density at radius 1 is 1.27 bits per heavy atom. The summed E-state index contributed by atoms with van der Waals surface area (Å²) in [5.41, 5.74) is 5.97. The molecule has 2 nitrogen and oxygen atoms in total. The summed E-state index contributed by atoms with van der Waals surface area (Å²) >= 11 is 0. The first-order chi connectivity index (χ1) is 10.4. The summed E-state index contributed by atoms with van der Waals surface area (Å²) in [6.07, 6.45) is 2.36. The zero-order valence-electron chi connectivity index (χ0n) is 14.4. The standard InChI is InChI=1S/C20H26N2/c1-6-14-9-13(2)21-17-8-7-15(10-16(14)17)19(3)11-18-20(19,4)12-22(18)5/h7-10,18H,6,11-12H2,1-5H3/t18-,19?,20?/m1/s1. The molecule has 1 aliphatic carbocycles. The summed E-state index contributed by atoms with van der Waals surface area (Å²) in [6.45, 7) is 10.5. The maximum absolute atomic E-state index is 4.72. The third kappa shape index (κ3) is 1.57. The molecule has 2 heteroatoms. The maximum atomic E-state index is 4.72. The Kier molecular flexibility index (Phi) is 2.79. The lowest BCUT2D eigenvalue weighted by Gasteiger charge is -2.73. The second-order valence-electron chi connectivity index (χ2n) is 7.89. The predicted molar refractivity (Wildman–Crippen MR) is 92.4 cm³/mol. The van der Waals surface area contributed by atoms with E-state index in [2.05, 4.69) is 63.9 Å². The second-order valence-corrected chi connectivity index (χ2v) is 7.89. The third-order valence-electron chi connectivity index (χ3n) is 6.75. The first kappa shape index (κ1) is 14.2. The minimum absolute atomic E-state index is 0.314. The predicted octanol–water partition coefficient (Wildman–Crippen LogP) is 4.09. The van der Waals surface area contributed by atoms with Crippen LogP contribution >= 0.6 is 0 Å². The fourth-order valence-corrected chi connectivity index (χ4v) is 5.05. The minimum atomic E-state index is 0.314. The highest BCUT2D eigenvalue weighted by Crippen LogP contribution is 2.64. The number of benzene rings is 1. The molecule has 0 N–H and O–H groups in total. The van der Waals surface area contributed by atoms with Crippen LogP contribution in [-0.2, 0) is 11.8 Å². The van der Waals surface area contributed by atoms with Gasteiger partial charge in [-0.15, -0.1) is 0 Å². The van der Waals surface area contributed by atoms with Crippen molar-refractivity contribution in [2.45, 2.75) is 52.0 Å². The van der Waals surface area contributed by atoms with E-state index in [4.69, 9.17) is 4.98 Å². The SMILES string of the molecule is CCc1cc(C)nc2ccc(C3(C)C[C@H]4N(C)CC43C)cc12. The van der Waals surface area contributed by atoms with Crippen molar-refractivity contribution < 1.29 is 0 Å². The van der Waals surface area contributed by atoms with Crippen LogP contribution in [-0.4, -0.2) is 29.5 Å². The average Bonchev–Trinajstić information content (AvgIpc) is 2.50. The van der Waals surface area contributed by atoms with Gasteiger partial charge in [-0.25, -0.2) is 0 Å². The Labute approximate surface area is 133 Å². The number of aromatic nitrogens is 1. The molecule has 1 aliphatic heterocycles. The number of hydrogen-bond acceptors (Lipinski definition) is 2. The van der Waals surface area contributed by atoms with E-state index < -0.39 is 0 Å². The van der Waals surface area contributed by atoms with E-state index in [-0.39, 0.29) is 0 Å². The molecule has 4 rings (SSSR count). The van der Waals surface area contributed by atoms with Gasteiger partial charge in [0.25, 0.3) is 0 Å². The van der Waals surface area contributed by atoms with Gasteiger partial charge < -0.3 is 4.90 Å². The van der Waals surface area contributed by atoms with Crippen molar-refractivity contribution in [2.24, 2.45) is 5.41 Å². The quantitative estimate of drug-likeness (QED) is 0.829. The number of nitrogens with zero attached hydrogens (tertiary/aromatic N) is 2. The number of piperidine rings is 1. The van der Waals surface area contributed by atoms with Crippen molar-refractivity contribution in [3.63, 3.8) is 0 Å². The van der Waals surface area contributed by atoms with Gasteiger partial charge >= 0.3 is 0 Å². The molecule has 1 aromatic carbocycles. The van der Waals surface area contributed by atoms with Crippen molar-refractivity contribution in [3.05, 3.63) is 41.1 Å². The first-order valence-electron chi connectivity index (χ1n) is 8.50. The van der Waals surface area contributed by atoms with Gasteiger partial charge in [-0.2, -0.15) is 0 Å². The van der Waals surface area contributed by atoms with Crippen molar-refractivity contribution in [1.29, 1.82) is 0 Å². The Hall–Kier alpha value is -1.41. The van der Waals surface area contributed by atoms with Crippen LogP contribution in [0.3, 0.4) is 0 Å². The lowest BCUT2D eigenvalue weighted by Crippen LogP contribution is -2.78. The molecule has 22 heavy (non-hydrogen) atoms. The van der Waals surface area contributed by atoms with Gasteiger partial charge in [0.2, 0.25) is 0 Å². The molecule has 116 valence electrons. The number of fused-ring (bicyclic) bond motifs is 2. The number of likely N-dealkylation sites (tertiary alicyclic amines) is 1. The molecule has 2 fully saturated rings. The smallest absolute Gasteiger partial charge is 0.0708 e. The van der Waals surface area contributed by atoms with Crippen molar-refractivity contribution >= 4 is 10.9 Å². The Balaban J connectivity index is 1.82. The zero-order valence-corrected chi connectivity index (χ0v) is 14.4. The Bertz CT molecular complexity index is 766. The van der Waals surface area contributed by atoms with Gasteiger partial charge in [0.15, 0.2) is 0 Å². The van der Waals surface area contributed by atoms with Gasteiger partial charge in [-0.05, 0) is 56.1 Å².